The minimum Gasteiger partial charge on any atom is -0.465 e. The number of hydrogen-bond donors (Lipinski definition) is 1. The number of para-hydroxylation sites is 1. The van der Waals surface area contributed by atoms with Gasteiger partial charge in [-0.3, -0.25) is 14.3 Å². The molecule has 0 spiro atoms. The first-order valence-corrected chi connectivity index (χ1v) is 7.83. The molecule has 26 heavy (non-hydrogen) atoms. The fourth-order valence-electron chi connectivity index (χ4n) is 2.56. The van der Waals surface area contributed by atoms with Crippen LogP contribution in [0.1, 0.15) is 11.5 Å². The molecule has 0 bridgehead atoms. The largest absolute Gasteiger partial charge is 0.465 e. The first-order valence-electron chi connectivity index (χ1n) is 7.83. The van der Waals surface area contributed by atoms with Gasteiger partial charge in [0.05, 0.1) is 17.6 Å². The summed E-state index contributed by atoms with van der Waals surface area (Å²) in [6, 6.07) is 14.2. The third-order valence-electron chi connectivity index (χ3n) is 3.99. The average molecular weight is 348 g/mol. The van der Waals surface area contributed by atoms with Crippen LogP contribution in [0.2, 0.25) is 0 Å². The van der Waals surface area contributed by atoms with Crippen LogP contribution in [0.15, 0.2) is 63.5 Å². The van der Waals surface area contributed by atoms with E-state index in [0.717, 1.165) is 0 Å². The second-order valence-electron chi connectivity index (χ2n) is 5.58. The molecule has 0 fully saturated rings. The Bertz CT molecular complexity index is 1060. The third kappa shape index (κ3) is 3.08. The molecule has 2 heterocycles. The summed E-state index contributed by atoms with van der Waals surface area (Å²) in [5.41, 5.74) is 0.841. The lowest BCUT2D eigenvalue weighted by atomic mass is 10.2. The molecule has 0 unspecified atom stereocenters. The van der Waals surface area contributed by atoms with E-state index in [2.05, 4.69) is 5.32 Å². The molecular formula is C19H16N4O3. The van der Waals surface area contributed by atoms with Crippen molar-refractivity contribution < 1.29 is 9.21 Å². The van der Waals surface area contributed by atoms with Gasteiger partial charge in [-0.15, -0.1) is 0 Å². The Kier molecular flexibility index (Phi) is 4.58. The van der Waals surface area contributed by atoms with E-state index >= 15 is 0 Å². The summed E-state index contributed by atoms with van der Waals surface area (Å²) >= 11 is 0. The average Bonchev–Trinajstić information content (AvgIpc) is 3.23. The van der Waals surface area contributed by atoms with Crippen molar-refractivity contribution in [2.75, 3.05) is 5.32 Å². The molecule has 0 aliphatic heterocycles. The summed E-state index contributed by atoms with van der Waals surface area (Å²) in [5, 5.41) is 11.8. The molecular weight excluding hydrogens is 332 g/mol. The highest BCUT2D eigenvalue weighted by molar-refractivity contribution is 6.09. The Morgan fingerprint density at radius 1 is 1.23 bits per heavy atom. The smallest absolute Gasteiger partial charge is 0.295 e. The van der Waals surface area contributed by atoms with E-state index in [1.807, 2.05) is 24.3 Å². The van der Waals surface area contributed by atoms with Crippen molar-refractivity contribution in [1.82, 2.24) is 9.36 Å². The number of nitrogens with one attached hydrogen (secondary N) is 1. The van der Waals surface area contributed by atoms with Crippen molar-refractivity contribution in [3.8, 4) is 11.8 Å². The predicted molar refractivity (Wildman–Crippen MR) is 96.7 cm³/mol. The van der Waals surface area contributed by atoms with Crippen molar-refractivity contribution in [2.45, 2.75) is 6.92 Å². The molecule has 0 atom stereocenters. The number of rotatable bonds is 4. The maximum absolute atomic E-state index is 12.8. The molecule has 1 aromatic carbocycles. The van der Waals surface area contributed by atoms with E-state index < -0.39 is 5.91 Å². The SMILES string of the molecule is Cc1c(NC(=O)C(C#N)=Cc2ccco2)c(=O)n(-c2ccccc2)n1C. The molecule has 1 amide bonds. The van der Waals surface area contributed by atoms with E-state index in [1.54, 1.807) is 42.9 Å². The number of benzene rings is 1. The van der Waals surface area contributed by atoms with Crippen molar-refractivity contribution >= 4 is 17.7 Å². The highest BCUT2D eigenvalue weighted by Gasteiger charge is 2.20. The van der Waals surface area contributed by atoms with Crippen LogP contribution in [0.5, 0.6) is 0 Å². The number of carbonyl (C=O) groups is 1. The molecule has 0 aliphatic carbocycles. The van der Waals surface area contributed by atoms with Gasteiger partial charge in [0.2, 0.25) is 0 Å². The van der Waals surface area contributed by atoms with E-state index in [1.165, 1.54) is 17.0 Å². The molecule has 1 N–H and O–H groups in total. The van der Waals surface area contributed by atoms with Crippen LogP contribution in [-0.4, -0.2) is 15.3 Å². The van der Waals surface area contributed by atoms with Crippen LogP contribution in [0.4, 0.5) is 5.69 Å². The molecule has 0 saturated heterocycles. The van der Waals surface area contributed by atoms with E-state index in [-0.39, 0.29) is 16.8 Å². The lowest BCUT2D eigenvalue weighted by Gasteiger charge is -2.07. The van der Waals surface area contributed by atoms with Crippen LogP contribution in [0, 0.1) is 18.3 Å². The first kappa shape index (κ1) is 17.0. The summed E-state index contributed by atoms with van der Waals surface area (Å²) < 4.78 is 8.22. The molecule has 2 aromatic heterocycles. The van der Waals surface area contributed by atoms with Crippen molar-refractivity contribution in [3.63, 3.8) is 0 Å². The summed E-state index contributed by atoms with van der Waals surface area (Å²) in [5.74, 6) is -0.293. The topological polar surface area (TPSA) is 93.0 Å². The Hall–Kier alpha value is -3.79. The zero-order chi connectivity index (χ0) is 18.7. The number of amides is 1. The fraction of sp³-hybridized carbons (Fsp3) is 0.105. The summed E-state index contributed by atoms with van der Waals surface area (Å²) in [7, 11) is 1.73. The van der Waals surface area contributed by atoms with Crippen LogP contribution in [0.25, 0.3) is 11.8 Å². The number of aromatic nitrogens is 2. The number of anilines is 1. The minimum absolute atomic E-state index is 0.127. The van der Waals surface area contributed by atoms with Crippen LogP contribution >= 0.6 is 0 Å². The fourth-order valence-corrected chi connectivity index (χ4v) is 2.56. The van der Waals surface area contributed by atoms with Crippen LogP contribution < -0.4 is 10.9 Å². The number of nitrogens with zero attached hydrogens (tertiary/aromatic N) is 3. The Balaban J connectivity index is 1.97. The van der Waals surface area contributed by atoms with Gasteiger partial charge in [0.1, 0.15) is 23.1 Å². The Morgan fingerprint density at radius 2 is 1.96 bits per heavy atom. The quantitative estimate of drug-likeness (QED) is 0.579. The third-order valence-corrected chi connectivity index (χ3v) is 3.99. The minimum atomic E-state index is -0.671. The van der Waals surface area contributed by atoms with Gasteiger partial charge in [-0.25, -0.2) is 4.68 Å². The van der Waals surface area contributed by atoms with Gasteiger partial charge in [-0.1, -0.05) is 18.2 Å². The zero-order valence-corrected chi connectivity index (χ0v) is 14.3. The Labute approximate surface area is 149 Å². The second-order valence-corrected chi connectivity index (χ2v) is 5.58. The van der Waals surface area contributed by atoms with Crippen LogP contribution in [0.3, 0.4) is 0 Å². The number of carbonyl (C=O) groups excluding carboxylic acids is 1. The Morgan fingerprint density at radius 3 is 2.58 bits per heavy atom. The molecule has 7 heteroatoms. The van der Waals surface area contributed by atoms with Crippen molar-refractivity contribution in [3.05, 3.63) is 76.1 Å². The second kappa shape index (κ2) is 6.99. The van der Waals surface area contributed by atoms with Crippen LogP contribution in [-0.2, 0) is 11.8 Å². The van der Waals surface area contributed by atoms with Gasteiger partial charge >= 0.3 is 0 Å². The van der Waals surface area contributed by atoms with E-state index in [9.17, 15) is 14.9 Å². The van der Waals surface area contributed by atoms with Gasteiger partial charge in [-0.05, 0) is 31.2 Å². The molecule has 7 nitrogen and oxygen atoms in total. The van der Waals surface area contributed by atoms with Crippen molar-refractivity contribution in [2.24, 2.45) is 7.05 Å². The van der Waals surface area contributed by atoms with Gasteiger partial charge in [0, 0.05) is 13.1 Å². The van der Waals surface area contributed by atoms with Gasteiger partial charge < -0.3 is 9.73 Å². The number of nitriles is 1. The maximum atomic E-state index is 12.8. The highest BCUT2D eigenvalue weighted by Crippen LogP contribution is 2.15. The van der Waals surface area contributed by atoms with Gasteiger partial charge in [0.25, 0.3) is 11.5 Å². The molecule has 3 rings (SSSR count). The summed E-state index contributed by atoms with van der Waals surface area (Å²) in [4.78, 5) is 25.2. The van der Waals surface area contributed by atoms with Gasteiger partial charge in [-0.2, -0.15) is 5.26 Å². The summed E-state index contributed by atoms with van der Waals surface area (Å²) in [6.45, 7) is 1.72. The monoisotopic (exact) mass is 348 g/mol. The molecule has 0 aliphatic rings. The lowest BCUT2D eigenvalue weighted by Crippen LogP contribution is -2.23. The molecule has 0 saturated carbocycles. The lowest BCUT2D eigenvalue weighted by molar-refractivity contribution is -0.112. The predicted octanol–water partition coefficient (Wildman–Crippen LogP) is 2.62. The van der Waals surface area contributed by atoms with E-state index in [4.69, 9.17) is 4.42 Å². The van der Waals surface area contributed by atoms with Gasteiger partial charge in [0.15, 0.2) is 0 Å². The van der Waals surface area contributed by atoms with E-state index in [0.29, 0.717) is 17.1 Å². The standard InChI is InChI=1S/C19H16N4O3/c1-13-17(19(25)23(22(13)2)15-7-4-3-5-8-15)21-18(24)14(12-20)11-16-9-6-10-26-16/h3-11H,1-2H3,(H,21,24). The van der Waals surface area contributed by atoms with Crippen molar-refractivity contribution in [1.29, 1.82) is 5.26 Å². The maximum Gasteiger partial charge on any atom is 0.295 e. The molecule has 3 aromatic rings. The summed E-state index contributed by atoms with van der Waals surface area (Å²) in [6.07, 6.45) is 2.77. The normalized spacial score (nSPS) is 11.2. The molecule has 130 valence electrons. The molecule has 0 radical (unpaired) electrons. The highest BCUT2D eigenvalue weighted by atomic mass is 16.3. The first-order chi connectivity index (χ1) is 12.5. The zero-order valence-electron chi connectivity index (χ0n) is 14.3. The number of furan rings is 1. The number of hydrogen-bond acceptors (Lipinski definition) is 4.